The fraction of sp³-hybridized carbons (Fsp3) is 0. The van der Waals surface area contributed by atoms with Crippen LogP contribution in [0.3, 0.4) is 0 Å². The van der Waals surface area contributed by atoms with Gasteiger partial charge in [-0.2, -0.15) is 0 Å². The average Bonchev–Trinajstić information content (AvgIpc) is 3.29. The zero-order valence-electron chi connectivity index (χ0n) is 30.5. The summed E-state index contributed by atoms with van der Waals surface area (Å²) in [4.78, 5) is 15.6. The lowest BCUT2D eigenvalue weighted by atomic mass is 9.94. The number of fused-ring (bicyclic) bond motifs is 2. The van der Waals surface area contributed by atoms with Gasteiger partial charge in [-0.3, -0.25) is 0 Å². The van der Waals surface area contributed by atoms with Crippen LogP contribution in [-0.2, 0) is 0 Å². The summed E-state index contributed by atoms with van der Waals surface area (Å²) in [5.41, 5.74) is 12.0. The number of hydrogen-bond acceptors (Lipinski definition) is 3. The third kappa shape index (κ3) is 6.42. The number of nitrogens with zero attached hydrogens (tertiary/aromatic N) is 3. The van der Waals surface area contributed by atoms with Gasteiger partial charge in [-0.25, -0.2) is 15.0 Å². The lowest BCUT2D eigenvalue weighted by Crippen LogP contribution is -2.01. The molecule has 0 aliphatic carbocycles. The van der Waals surface area contributed by atoms with Crippen LogP contribution >= 0.6 is 0 Å². The minimum atomic E-state index is 0.625. The highest BCUT2D eigenvalue weighted by Crippen LogP contribution is 2.37. The van der Waals surface area contributed by atoms with Gasteiger partial charge in [0.1, 0.15) is 0 Å². The lowest BCUT2D eigenvalue weighted by molar-refractivity contribution is 1.07. The van der Waals surface area contributed by atoms with E-state index >= 15 is 0 Å². The Morgan fingerprint density at radius 2 is 0.679 bits per heavy atom. The van der Waals surface area contributed by atoms with E-state index in [9.17, 15) is 0 Å². The van der Waals surface area contributed by atoms with Crippen molar-refractivity contribution in [2.24, 2.45) is 0 Å². The van der Waals surface area contributed by atoms with Crippen molar-refractivity contribution in [3.63, 3.8) is 0 Å². The molecule has 1 heterocycles. The van der Waals surface area contributed by atoms with E-state index in [2.05, 4.69) is 194 Å². The van der Waals surface area contributed by atoms with Crippen molar-refractivity contribution in [2.75, 3.05) is 0 Å². The predicted octanol–water partition coefficient (Wildman–Crippen LogP) is 13.8. The summed E-state index contributed by atoms with van der Waals surface area (Å²) < 4.78 is 0. The van der Waals surface area contributed by atoms with Crippen molar-refractivity contribution in [3.05, 3.63) is 212 Å². The van der Waals surface area contributed by atoms with E-state index in [4.69, 9.17) is 15.0 Å². The molecule has 3 nitrogen and oxygen atoms in total. The highest BCUT2D eigenvalue weighted by Gasteiger charge is 2.18. The molecule has 0 aliphatic rings. The quantitative estimate of drug-likeness (QED) is 0.165. The van der Waals surface area contributed by atoms with E-state index in [1.54, 1.807) is 0 Å². The standard InChI is InChI=1S/C53H35N3/c1-4-13-36(14-5-1)42-27-28-44-34-46(30-29-43(44)33-42)52-54-51(41-25-23-40(24-26-41)48-22-12-20-38-19-10-11-21-47(38)48)55-53(56-52)49-32-31-45(37-15-6-2-7-16-37)35-50(49)39-17-8-3-9-18-39/h1-35H. The van der Waals surface area contributed by atoms with Crippen LogP contribution < -0.4 is 0 Å². The van der Waals surface area contributed by atoms with Crippen LogP contribution in [0.1, 0.15) is 0 Å². The van der Waals surface area contributed by atoms with Crippen molar-refractivity contribution in [1.29, 1.82) is 0 Å². The van der Waals surface area contributed by atoms with Gasteiger partial charge in [0.15, 0.2) is 17.5 Å². The van der Waals surface area contributed by atoms with Gasteiger partial charge in [-0.1, -0.05) is 188 Å². The van der Waals surface area contributed by atoms with Crippen LogP contribution in [0.4, 0.5) is 0 Å². The molecule has 0 atom stereocenters. The Bertz CT molecular complexity index is 2990. The van der Waals surface area contributed by atoms with Gasteiger partial charge in [0.25, 0.3) is 0 Å². The maximum absolute atomic E-state index is 5.24. The predicted molar refractivity (Wildman–Crippen MR) is 233 cm³/mol. The van der Waals surface area contributed by atoms with Crippen LogP contribution in [0, 0.1) is 0 Å². The Balaban J connectivity index is 1.13. The molecular formula is C53H35N3. The zero-order chi connectivity index (χ0) is 37.3. The number of rotatable bonds is 7. The fourth-order valence-corrected chi connectivity index (χ4v) is 7.63. The Hall–Kier alpha value is -7.49. The first kappa shape index (κ1) is 33.1. The van der Waals surface area contributed by atoms with Gasteiger partial charge in [0, 0.05) is 16.7 Å². The van der Waals surface area contributed by atoms with E-state index in [0.717, 1.165) is 55.3 Å². The first-order valence-electron chi connectivity index (χ1n) is 18.9. The second-order valence-electron chi connectivity index (χ2n) is 14.0. The van der Waals surface area contributed by atoms with Gasteiger partial charge < -0.3 is 0 Å². The maximum atomic E-state index is 5.24. The Kier molecular flexibility index (Phi) is 8.51. The molecule has 56 heavy (non-hydrogen) atoms. The summed E-state index contributed by atoms with van der Waals surface area (Å²) in [6.07, 6.45) is 0. The van der Waals surface area contributed by atoms with Crippen LogP contribution in [-0.4, -0.2) is 15.0 Å². The molecule has 9 aromatic carbocycles. The van der Waals surface area contributed by atoms with Gasteiger partial charge in [-0.15, -0.1) is 0 Å². The van der Waals surface area contributed by atoms with E-state index in [0.29, 0.717) is 17.5 Å². The second kappa shape index (κ2) is 14.4. The molecule has 0 radical (unpaired) electrons. The normalized spacial score (nSPS) is 11.2. The van der Waals surface area contributed by atoms with E-state index in [-0.39, 0.29) is 0 Å². The van der Waals surface area contributed by atoms with Crippen molar-refractivity contribution >= 4 is 21.5 Å². The molecule has 0 saturated heterocycles. The van der Waals surface area contributed by atoms with E-state index < -0.39 is 0 Å². The number of hydrogen-bond donors (Lipinski definition) is 0. The Morgan fingerprint density at radius 1 is 0.214 bits per heavy atom. The zero-order valence-corrected chi connectivity index (χ0v) is 30.5. The Morgan fingerprint density at radius 3 is 1.38 bits per heavy atom. The highest BCUT2D eigenvalue weighted by molar-refractivity contribution is 5.97. The van der Waals surface area contributed by atoms with Crippen LogP contribution in [0.2, 0.25) is 0 Å². The molecule has 0 aliphatic heterocycles. The fourth-order valence-electron chi connectivity index (χ4n) is 7.63. The molecule has 0 unspecified atom stereocenters. The molecule has 0 saturated carbocycles. The average molecular weight is 714 g/mol. The van der Waals surface area contributed by atoms with Crippen molar-refractivity contribution in [3.8, 4) is 78.7 Å². The largest absolute Gasteiger partial charge is 0.208 e. The minimum Gasteiger partial charge on any atom is -0.208 e. The molecule has 10 rings (SSSR count). The van der Waals surface area contributed by atoms with Crippen molar-refractivity contribution < 1.29 is 0 Å². The lowest BCUT2D eigenvalue weighted by Gasteiger charge is -2.14. The molecule has 3 heteroatoms. The summed E-state index contributed by atoms with van der Waals surface area (Å²) in [6, 6.07) is 74.8. The molecule has 0 spiro atoms. The maximum Gasteiger partial charge on any atom is 0.164 e. The van der Waals surface area contributed by atoms with Crippen LogP contribution in [0.25, 0.3) is 100 Å². The van der Waals surface area contributed by atoms with Crippen molar-refractivity contribution in [2.45, 2.75) is 0 Å². The molecule has 262 valence electrons. The topological polar surface area (TPSA) is 38.7 Å². The molecule has 0 bridgehead atoms. The smallest absolute Gasteiger partial charge is 0.164 e. The Labute approximate surface area is 326 Å². The van der Waals surface area contributed by atoms with Gasteiger partial charge in [0.2, 0.25) is 0 Å². The molecular weight excluding hydrogens is 679 g/mol. The van der Waals surface area contributed by atoms with Gasteiger partial charge in [0.05, 0.1) is 0 Å². The first-order chi connectivity index (χ1) is 27.7. The first-order valence-corrected chi connectivity index (χ1v) is 18.9. The summed E-state index contributed by atoms with van der Waals surface area (Å²) in [6.45, 7) is 0. The molecule has 0 N–H and O–H groups in total. The number of aromatic nitrogens is 3. The second-order valence-corrected chi connectivity index (χ2v) is 14.0. The minimum absolute atomic E-state index is 0.625. The van der Waals surface area contributed by atoms with Crippen LogP contribution in [0.15, 0.2) is 212 Å². The van der Waals surface area contributed by atoms with Crippen molar-refractivity contribution in [1.82, 2.24) is 15.0 Å². The van der Waals surface area contributed by atoms with Gasteiger partial charge in [-0.05, 0) is 90.3 Å². The number of benzene rings is 9. The van der Waals surface area contributed by atoms with Gasteiger partial charge >= 0.3 is 0 Å². The highest BCUT2D eigenvalue weighted by atomic mass is 15.0. The summed E-state index contributed by atoms with van der Waals surface area (Å²) >= 11 is 0. The van der Waals surface area contributed by atoms with E-state index in [1.807, 2.05) is 18.2 Å². The molecule has 0 amide bonds. The van der Waals surface area contributed by atoms with Crippen LogP contribution in [0.5, 0.6) is 0 Å². The third-order valence-corrected chi connectivity index (χ3v) is 10.5. The third-order valence-electron chi connectivity index (χ3n) is 10.5. The summed E-state index contributed by atoms with van der Waals surface area (Å²) in [7, 11) is 0. The molecule has 1 aromatic heterocycles. The summed E-state index contributed by atoms with van der Waals surface area (Å²) in [5, 5.41) is 4.74. The SMILES string of the molecule is c1ccc(-c2ccc(-c3nc(-c4ccc(-c5cccc6ccccc56)cc4)nc(-c4ccc5cc(-c6ccccc6)ccc5c4)n3)c(-c3ccccc3)c2)cc1. The molecule has 10 aromatic rings. The summed E-state index contributed by atoms with van der Waals surface area (Å²) in [5.74, 6) is 1.88. The monoisotopic (exact) mass is 713 g/mol. The molecule has 0 fully saturated rings. The van der Waals surface area contributed by atoms with E-state index in [1.165, 1.54) is 27.5 Å².